The first-order valence-electron chi connectivity index (χ1n) is 5.59. The van der Waals surface area contributed by atoms with E-state index in [9.17, 15) is 0 Å². The van der Waals surface area contributed by atoms with E-state index in [1.54, 1.807) is 0 Å². The molecule has 1 N–H and O–H groups in total. The summed E-state index contributed by atoms with van der Waals surface area (Å²) in [6, 6.07) is 2.03. The highest BCUT2D eigenvalue weighted by atomic mass is 15.1. The van der Waals surface area contributed by atoms with Crippen molar-refractivity contribution in [2.45, 2.75) is 19.9 Å². The van der Waals surface area contributed by atoms with Gasteiger partial charge in [0.15, 0.2) is 0 Å². The first kappa shape index (κ1) is 12.5. The second kappa shape index (κ2) is 6.86. The highest BCUT2D eigenvalue weighted by Gasteiger charge is 2.08. The lowest BCUT2D eigenvalue weighted by molar-refractivity contribution is 0.781. The lowest BCUT2D eigenvalue weighted by atomic mass is 10.2. The highest BCUT2D eigenvalue weighted by molar-refractivity contribution is 5.52. The van der Waals surface area contributed by atoms with Gasteiger partial charge >= 0.3 is 0 Å². The van der Waals surface area contributed by atoms with E-state index in [-0.39, 0.29) is 0 Å². The molecule has 0 aromatic carbocycles. The number of pyridine rings is 1. The molecule has 16 heavy (non-hydrogen) atoms. The summed E-state index contributed by atoms with van der Waals surface area (Å²) in [5, 5.41) is 3.16. The van der Waals surface area contributed by atoms with Crippen molar-refractivity contribution in [1.29, 1.82) is 0 Å². The zero-order chi connectivity index (χ0) is 11.8. The molecule has 0 unspecified atom stereocenters. The summed E-state index contributed by atoms with van der Waals surface area (Å²) < 4.78 is 0. The van der Waals surface area contributed by atoms with Crippen LogP contribution >= 0.6 is 0 Å². The number of terminal acetylenes is 1. The van der Waals surface area contributed by atoms with Crippen LogP contribution in [0, 0.1) is 12.3 Å². The van der Waals surface area contributed by atoms with E-state index < -0.39 is 0 Å². The third-order valence-corrected chi connectivity index (χ3v) is 2.37. The van der Waals surface area contributed by atoms with E-state index >= 15 is 0 Å². The van der Waals surface area contributed by atoms with Crippen molar-refractivity contribution < 1.29 is 0 Å². The van der Waals surface area contributed by atoms with Crippen LogP contribution in [0.3, 0.4) is 0 Å². The minimum absolute atomic E-state index is 0.635. The maximum atomic E-state index is 5.39. The van der Waals surface area contributed by atoms with Gasteiger partial charge in [-0.05, 0) is 25.1 Å². The van der Waals surface area contributed by atoms with Gasteiger partial charge in [0.25, 0.3) is 0 Å². The largest absolute Gasteiger partial charge is 0.359 e. The van der Waals surface area contributed by atoms with Crippen LogP contribution in [-0.4, -0.2) is 25.1 Å². The molecular weight excluding hydrogens is 198 g/mol. The standard InChI is InChI=1S/C13H19N3/c1-4-8-16(9-5-2)13-11-15-7-6-12(13)10-14-3/h1,6-7,11,14H,5,8-10H2,2-3H3. The van der Waals surface area contributed by atoms with Gasteiger partial charge in [-0.1, -0.05) is 12.8 Å². The molecule has 0 aliphatic carbocycles. The van der Waals surface area contributed by atoms with Crippen LogP contribution in [0.4, 0.5) is 5.69 Å². The van der Waals surface area contributed by atoms with Crippen LogP contribution in [0.2, 0.25) is 0 Å². The second-order valence-corrected chi connectivity index (χ2v) is 3.66. The Bertz CT molecular complexity index is 354. The van der Waals surface area contributed by atoms with Crippen molar-refractivity contribution in [2.24, 2.45) is 0 Å². The molecule has 0 amide bonds. The summed E-state index contributed by atoms with van der Waals surface area (Å²) in [4.78, 5) is 6.37. The Labute approximate surface area is 97.9 Å². The quantitative estimate of drug-likeness (QED) is 0.734. The summed E-state index contributed by atoms with van der Waals surface area (Å²) in [5.41, 5.74) is 2.37. The molecule has 0 radical (unpaired) electrons. The topological polar surface area (TPSA) is 28.2 Å². The molecule has 0 saturated heterocycles. The van der Waals surface area contributed by atoms with Gasteiger partial charge < -0.3 is 10.2 Å². The summed E-state index contributed by atoms with van der Waals surface area (Å²) in [5.74, 6) is 2.70. The molecule has 0 saturated carbocycles. The van der Waals surface area contributed by atoms with Gasteiger partial charge in [-0.2, -0.15) is 0 Å². The van der Waals surface area contributed by atoms with E-state index in [4.69, 9.17) is 6.42 Å². The minimum Gasteiger partial charge on any atom is -0.359 e. The molecular formula is C13H19N3. The van der Waals surface area contributed by atoms with E-state index in [1.807, 2.05) is 25.5 Å². The number of nitrogens with zero attached hydrogens (tertiary/aromatic N) is 2. The number of hydrogen-bond donors (Lipinski definition) is 1. The monoisotopic (exact) mass is 217 g/mol. The maximum Gasteiger partial charge on any atom is 0.0792 e. The van der Waals surface area contributed by atoms with Crippen molar-refractivity contribution in [3.63, 3.8) is 0 Å². The summed E-state index contributed by atoms with van der Waals surface area (Å²) in [6.45, 7) is 4.59. The van der Waals surface area contributed by atoms with Gasteiger partial charge in [-0.15, -0.1) is 6.42 Å². The van der Waals surface area contributed by atoms with Crippen molar-refractivity contribution in [3.8, 4) is 12.3 Å². The van der Waals surface area contributed by atoms with Crippen LogP contribution in [0.15, 0.2) is 18.5 Å². The predicted octanol–water partition coefficient (Wildman–Crippen LogP) is 1.65. The Kier molecular flexibility index (Phi) is 5.38. The van der Waals surface area contributed by atoms with E-state index in [2.05, 4.69) is 28.0 Å². The SMILES string of the molecule is C#CCN(CCC)c1cnccc1CNC. The Morgan fingerprint density at radius 1 is 1.56 bits per heavy atom. The number of hydrogen-bond acceptors (Lipinski definition) is 3. The van der Waals surface area contributed by atoms with Crippen molar-refractivity contribution in [1.82, 2.24) is 10.3 Å². The molecule has 3 nitrogen and oxygen atoms in total. The number of rotatable bonds is 6. The first-order chi connectivity index (χ1) is 7.83. The lowest BCUT2D eigenvalue weighted by Crippen LogP contribution is -2.26. The van der Waals surface area contributed by atoms with Crippen molar-refractivity contribution in [2.75, 3.05) is 25.0 Å². The van der Waals surface area contributed by atoms with Crippen molar-refractivity contribution >= 4 is 5.69 Å². The number of aromatic nitrogens is 1. The van der Waals surface area contributed by atoms with E-state index in [1.165, 1.54) is 5.56 Å². The minimum atomic E-state index is 0.635. The van der Waals surface area contributed by atoms with Gasteiger partial charge in [0.05, 0.1) is 18.4 Å². The zero-order valence-electron chi connectivity index (χ0n) is 10.0. The van der Waals surface area contributed by atoms with E-state index in [0.717, 1.165) is 25.2 Å². The number of anilines is 1. The van der Waals surface area contributed by atoms with Gasteiger partial charge in [-0.3, -0.25) is 4.98 Å². The maximum absolute atomic E-state index is 5.39. The molecule has 0 aliphatic heterocycles. The fourth-order valence-electron chi connectivity index (χ4n) is 1.70. The highest BCUT2D eigenvalue weighted by Crippen LogP contribution is 2.18. The molecule has 1 heterocycles. The number of nitrogens with one attached hydrogen (secondary N) is 1. The first-order valence-corrected chi connectivity index (χ1v) is 5.59. The van der Waals surface area contributed by atoms with Gasteiger partial charge in [0, 0.05) is 19.3 Å². The van der Waals surface area contributed by atoms with Crippen LogP contribution in [0.25, 0.3) is 0 Å². The molecule has 1 aromatic heterocycles. The molecule has 1 aromatic rings. The van der Waals surface area contributed by atoms with Gasteiger partial charge in [0.2, 0.25) is 0 Å². The third kappa shape index (κ3) is 3.25. The fraction of sp³-hybridized carbons (Fsp3) is 0.462. The summed E-state index contributed by atoms with van der Waals surface area (Å²) >= 11 is 0. The normalized spacial score (nSPS) is 9.81. The third-order valence-electron chi connectivity index (χ3n) is 2.37. The molecule has 86 valence electrons. The van der Waals surface area contributed by atoms with Crippen LogP contribution in [0.5, 0.6) is 0 Å². The van der Waals surface area contributed by atoms with Crippen LogP contribution in [0.1, 0.15) is 18.9 Å². The average molecular weight is 217 g/mol. The molecule has 0 aliphatic rings. The predicted molar refractivity (Wildman–Crippen MR) is 68.3 cm³/mol. The van der Waals surface area contributed by atoms with Gasteiger partial charge in [-0.25, -0.2) is 0 Å². The molecule has 0 fully saturated rings. The Morgan fingerprint density at radius 3 is 3.00 bits per heavy atom. The Balaban J connectivity index is 2.93. The van der Waals surface area contributed by atoms with Crippen LogP contribution in [-0.2, 0) is 6.54 Å². The molecule has 0 atom stereocenters. The smallest absolute Gasteiger partial charge is 0.0792 e. The Morgan fingerprint density at radius 2 is 2.38 bits per heavy atom. The molecule has 0 spiro atoms. The average Bonchev–Trinajstić information content (AvgIpc) is 2.30. The van der Waals surface area contributed by atoms with Gasteiger partial charge in [0.1, 0.15) is 0 Å². The summed E-state index contributed by atoms with van der Waals surface area (Å²) in [6.07, 6.45) is 10.2. The lowest BCUT2D eigenvalue weighted by Gasteiger charge is -2.24. The summed E-state index contributed by atoms with van der Waals surface area (Å²) in [7, 11) is 1.94. The molecule has 1 rings (SSSR count). The fourth-order valence-corrected chi connectivity index (χ4v) is 1.70. The van der Waals surface area contributed by atoms with Crippen molar-refractivity contribution in [3.05, 3.63) is 24.0 Å². The van der Waals surface area contributed by atoms with E-state index in [0.29, 0.717) is 6.54 Å². The zero-order valence-corrected chi connectivity index (χ0v) is 10.0. The molecule has 3 heteroatoms. The molecule has 0 bridgehead atoms. The second-order valence-electron chi connectivity index (χ2n) is 3.66. The van der Waals surface area contributed by atoms with Crippen LogP contribution < -0.4 is 10.2 Å². The Hall–Kier alpha value is -1.53.